The highest BCUT2D eigenvalue weighted by Gasteiger charge is 2.72. The van der Waals surface area contributed by atoms with Gasteiger partial charge in [-0.25, -0.2) is 0 Å². The lowest BCUT2D eigenvalue weighted by Crippen LogP contribution is -2.58. The molecule has 2 fully saturated rings. The minimum absolute atomic E-state index is 0.0732. The molecule has 0 saturated carbocycles. The van der Waals surface area contributed by atoms with Crippen LogP contribution in [0.3, 0.4) is 0 Å². The second kappa shape index (κ2) is 14.9. The molecule has 0 aromatic heterocycles. The van der Waals surface area contributed by atoms with Gasteiger partial charge in [0.15, 0.2) is 0 Å². The molecule has 0 bridgehead atoms. The molecule has 4 aliphatic heterocycles. The fourth-order valence-electron chi connectivity index (χ4n) is 7.68. The molecular formula is C38H45N3O7. The van der Waals surface area contributed by atoms with Gasteiger partial charge in [-0.3, -0.25) is 19.2 Å². The van der Waals surface area contributed by atoms with E-state index in [-0.39, 0.29) is 31.4 Å². The van der Waals surface area contributed by atoms with Gasteiger partial charge >= 0.3 is 5.97 Å². The summed E-state index contributed by atoms with van der Waals surface area (Å²) < 4.78 is 13.0. The van der Waals surface area contributed by atoms with Crippen LogP contribution < -0.4 is 5.32 Å². The summed E-state index contributed by atoms with van der Waals surface area (Å²) >= 11 is 0. The summed E-state index contributed by atoms with van der Waals surface area (Å²) in [6, 6.07) is 16.9. The summed E-state index contributed by atoms with van der Waals surface area (Å²) in [6.45, 7) is 2.67. The van der Waals surface area contributed by atoms with E-state index in [1.807, 2.05) is 66.7 Å². The zero-order chi connectivity index (χ0) is 33.7. The average Bonchev–Trinajstić information content (AvgIpc) is 3.50. The minimum Gasteiger partial charge on any atom is -0.455 e. The SMILES string of the molecule is CCCCCN1CC=C[C@]23O[C@@H]4/C=C\CCC(=O)NC[C@@H](c5ccccc5)OC(=O)[C@@H]4[C@H]2C(=O)N([C@@H](CO)Cc2ccccc2)[C@@H]3C1=O. The minimum atomic E-state index is -1.47. The smallest absolute Gasteiger partial charge is 0.313 e. The number of ether oxygens (including phenoxy) is 2. The van der Waals surface area contributed by atoms with Gasteiger partial charge in [0, 0.05) is 19.5 Å². The Morgan fingerprint density at radius 3 is 2.46 bits per heavy atom. The third-order valence-corrected chi connectivity index (χ3v) is 10.0. The van der Waals surface area contributed by atoms with Crippen molar-refractivity contribution in [1.29, 1.82) is 0 Å². The number of esters is 1. The summed E-state index contributed by atoms with van der Waals surface area (Å²) in [4.78, 5) is 59.8. The van der Waals surface area contributed by atoms with Gasteiger partial charge in [-0.15, -0.1) is 0 Å². The summed E-state index contributed by atoms with van der Waals surface area (Å²) in [5, 5.41) is 13.6. The molecule has 6 rings (SSSR count). The quantitative estimate of drug-likeness (QED) is 0.241. The van der Waals surface area contributed by atoms with E-state index in [1.165, 1.54) is 4.90 Å². The maximum absolute atomic E-state index is 14.9. The van der Waals surface area contributed by atoms with Gasteiger partial charge in [0.1, 0.15) is 23.7 Å². The van der Waals surface area contributed by atoms with Gasteiger partial charge in [-0.1, -0.05) is 105 Å². The third kappa shape index (κ3) is 6.56. The van der Waals surface area contributed by atoms with E-state index in [2.05, 4.69) is 12.2 Å². The Bertz CT molecular complexity index is 1530. The number of hydrogen-bond acceptors (Lipinski definition) is 7. The first kappa shape index (κ1) is 33.6. The molecule has 2 N–H and O–H groups in total. The largest absolute Gasteiger partial charge is 0.455 e. The van der Waals surface area contributed by atoms with Crippen LogP contribution in [0, 0.1) is 11.8 Å². The Kier molecular flexibility index (Phi) is 10.4. The third-order valence-electron chi connectivity index (χ3n) is 10.0. The second-order valence-corrected chi connectivity index (χ2v) is 13.1. The van der Waals surface area contributed by atoms with Crippen molar-refractivity contribution in [3.8, 4) is 0 Å². The molecule has 2 aromatic rings. The van der Waals surface area contributed by atoms with Gasteiger partial charge in [-0.05, 0) is 30.4 Å². The fraction of sp³-hybridized carbons (Fsp3) is 0.474. The zero-order valence-electron chi connectivity index (χ0n) is 27.4. The lowest BCUT2D eigenvalue weighted by molar-refractivity contribution is -0.160. The molecule has 2 saturated heterocycles. The molecule has 3 amide bonds. The predicted molar refractivity (Wildman–Crippen MR) is 178 cm³/mol. The van der Waals surface area contributed by atoms with Gasteiger partial charge in [0.25, 0.3) is 0 Å². The number of aliphatic hydroxyl groups is 1. The molecule has 10 nitrogen and oxygen atoms in total. The van der Waals surface area contributed by atoms with Gasteiger partial charge in [0.2, 0.25) is 17.7 Å². The van der Waals surface area contributed by atoms with Gasteiger partial charge < -0.3 is 29.7 Å². The number of amides is 3. The molecule has 2 aromatic carbocycles. The normalized spacial score (nSPS) is 30.2. The van der Waals surface area contributed by atoms with E-state index in [0.717, 1.165) is 24.8 Å². The Labute approximate surface area is 281 Å². The first-order valence-corrected chi connectivity index (χ1v) is 17.2. The van der Waals surface area contributed by atoms with Crippen molar-refractivity contribution in [2.45, 2.75) is 75.3 Å². The Hall–Kier alpha value is -4.28. The highest BCUT2D eigenvalue weighted by Crippen LogP contribution is 2.54. The van der Waals surface area contributed by atoms with Crippen LogP contribution in [0.5, 0.6) is 0 Å². The number of likely N-dealkylation sites (tertiary alicyclic amines) is 1. The molecule has 7 atom stereocenters. The second-order valence-electron chi connectivity index (χ2n) is 13.1. The van der Waals surface area contributed by atoms with E-state index < -0.39 is 53.6 Å². The molecule has 0 radical (unpaired) electrons. The number of benzene rings is 2. The van der Waals surface area contributed by atoms with Crippen molar-refractivity contribution >= 4 is 23.7 Å². The summed E-state index contributed by atoms with van der Waals surface area (Å²) in [7, 11) is 0. The molecule has 4 heterocycles. The number of nitrogens with one attached hydrogen (secondary N) is 1. The first-order chi connectivity index (χ1) is 23.4. The molecule has 10 heteroatoms. The van der Waals surface area contributed by atoms with E-state index in [1.54, 1.807) is 23.1 Å². The van der Waals surface area contributed by atoms with Crippen molar-refractivity contribution in [3.63, 3.8) is 0 Å². The van der Waals surface area contributed by atoms with Crippen LogP contribution >= 0.6 is 0 Å². The van der Waals surface area contributed by atoms with Gasteiger partial charge in [0.05, 0.1) is 31.2 Å². The van der Waals surface area contributed by atoms with Crippen molar-refractivity contribution in [2.75, 3.05) is 26.2 Å². The van der Waals surface area contributed by atoms with Crippen LogP contribution in [-0.2, 0) is 35.1 Å². The Balaban J connectivity index is 1.42. The Morgan fingerprint density at radius 1 is 0.979 bits per heavy atom. The molecular weight excluding hydrogens is 610 g/mol. The van der Waals surface area contributed by atoms with Gasteiger partial charge in [-0.2, -0.15) is 0 Å². The predicted octanol–water partition coefficient (Wildman–Crippen LogP) is 3.51. The highest BCUT2D eigenvalue weighted by molar-refractivity contribution is 5.99. The number of carbonyl (C=O) groups excluding carboxylic acids is 4. The van der Waals surface area contributed by atoms with E-state index in [4.69, 9.17) is 9.47 Å². The summed E-state index contributed by atoms with van der Waals surface area (Å²) in [5.41, 5.74) is 0.149. The molecule has 0 unspecified atom stereocenters. The number of carbonyl (C=O) groups is 4. The van der Waals surface area contributed by atoms with E-state index in [9.17, 15) is 24.3 Å². The van der Waals surface area contributed by atoms with Crippen LogP contribution in [0.15, 0.2) is 85.0 Å². The monoisotopic (exact) mass is 655 g/mol. The average molecular weight is 656 g/mol. The van der Waals surface area contributed by atoms with Crippen molar-refractivity contribution in [3.05, 3.63) is 96.1 Å². The number of cyclic esters (lactones) is 1. The van der Waals surface area contributed by atoms with Crippen molar-refractivity contribution in [1.82, 2.24) is 15.1 Å². The topological polar surface area (TPSA) is 125 Å². The molecule has 4 aliphatic rings. The maximum Gasteiger partial charge on any atom is 0.313 e. The molecule has 254 valence electrons. The van der Waals surface area contributed by atoms with Crippen molar-refractivity contribution in [2.24, 2.45) is 11.8 Å². The van der Waals surface area contributed by atoms with Crippen LogP contribution in [0.4, 0.5) is 0 Å². The number of allylic oxidation sites excluding steroid dienone is 1. The first-order valence-electron chi connectivity index (χ1n) is 17.2. The van der Waals surface area contributed by atoms with Crippen LogP contribution in [0.2, 0.25) is 0 Å². The summed E-state index contributed by atoms with van der Waals surface area (Å²) in [5.74, 6) is -3.63. The lowest BCUT2D eigenvalue weighted by atomic mass is 9.78. The highest BCUT2D eigenvalue weighted by atomic mass is 16.6. The zero-order valence-corrected chi connectivity index (χ0v) is 27.4. The van der Waals surface area contributed by atoms with E-state index >= 15 is 0 Å². The number of fused-ring (bicyclic) bond motifs is 2. The van der Waals surface area contributed by atoms with E-state index in [0.29, 0.717) is 31.5 Å². The standard InChI is InChI=1S/C38H45N3O7/c1-2-3-12-21-40-22-13-20-38-33(35(44)41(34(38)36(40)45)28(25-42)23-26-14-6-4-7-15-26)32-29(48-38)18-10-11-19-31(43)39-24-30(47-37(32)46)27-16-8-5-9-17-27/h4-10,13-18,20,28-30,32-34,42H,2-3,11-12,19,21-25H2,1H3,(H,39,43)/b18-10-/t28-,29-,30+,32+,33+,34-,38+/m1/s1. The van der Waals surface area contributed by atoms with Crippen LogP contribution in [0.25, 0.3) is 0 Å². The number of rotatable bonds is 9. The number of aliphatic hydroxyl groups excluding tert-OH is 1. The summed E-state index contributed by atoms with van der Waals surface area (Å²) in [6.07, 6.45) is 9.26. The van der Waals surface area contributed by atoms with Crippen LogP contribution in [0.1, 0.15) is 56.3 Å². The Morgan fingerprint density at radius 2 is 1.73 bits per heavy atom. The van der Waals surface area contributed by atoms with Crippen LogP contribution in [-0.4, -0.2) is 88.6 Å². The molecule has 1 spiro atoms. The molecule has 0 aliphatic carbocycles. The lowest BCUT2D eigenvalue weighted by Gasteiger charge is -2.38. The number of unbranched alkanes of at least 4 members (excludes halogenated alkanes) is 2. The fourth-order valence-corrected chi connectivity index (χ4v) is 7.68. The number of hydrogen-bond donors (Lipinski definition) is 2. The number of nitrogens with zero attached hydrogens (tertiary/aromatic N) is 2. The maximum atomic E-state index is 14.9. The van der Waals surface area contributed by atoms with Crippen molar-refractivity contribution < 1.29 is 33.8 Å². The molecule has 48 heavy (non-hydrogen) atoms.